The molecule has 0 unspecified atom stereocenters. The van der Waals surface area contributed by atoms with Gasteiger partial charge >= 0.3 is 0 Å². The Hall–Kier alpha value is -3.61. The fraction of sp³-hybridized carbons (Fsp3) is 0.167. The van der Waals surface area contributed by atoms with Gasteiger partial charge in [-0.1, -0.05) is 59.6 Å². The van der Waals surface area contributed by atoms with E-state index in [2.05, 4.69) is 5.32 Å². The number of amides is 1. The lowest BCUT2D eigenvalue weighted by atomic mass is 10.1. The zero-order valence-corrected chi connectivity index (χ0v) is 26.0. The second kappa shape index (κ2) is 12.6. The number of carbonyl (C=O) groups excluding carboxylic acids is 1. The molecule has 43 heavy (non-hydrogen) atoms. The first-order chi connectivity index (χ1) is 20.5. The third-order valence-corrected chi connectivity index (χ3v) is 11.1. The first-order valence-corrected chi connectivity index (χ1v) is 16.7. The summed E-state index contributed by atoms with van der Waals surface area (Å²) in [6.07, 6.45) is 0.504. The average Bonchev–Trinajstić information content (AvgIpc) is 3.42. The van der Waals surface area contributed by atoms with Crippen LogP contribution in [0.1, 0.15) is 11.1 Å². The van der Waals surface area contributed by atoms with E-state index in [1.807, 2.05) is 6.07 Å². The Morgan fingerprint density at radius 3 is 2.28 bits per heavy atom. The van der Waals surface area contributed by atoms with Crippen molar-refractivity contribution >= 4 is 60.5 Å². The SMILES string of the molecule is COc1ccc(S(=O)(=O)N(CC(=O)Nc2ccc3c(c2)N(S(=O)(=O)c2ccc(Cl)cc2)CC3)Cc2ccccc2)cc1Cl. The zero-order chi connectivity index (χ0) is 30.8. The summed E-state index contributed by atoms with van der Waals surface area (Å²) in [5.41, 5.74) is 2.25. The summed E-state index contributed by atoms with van der Waals surface area (Å²) in [6.45, 7) is -0.340. The van der Waals surface area contributed by atoms with Gasteiger partial charge in [0.15, 0.2) is 0 Å². The minimum Gasteiger partial charge on any atom is -0.495 e. The fourth-order valence-corrected chi connectivity index (χ4v) is 8.10. The summed E-state index contributed by atoms with van der Waals surface area (Å²) in [6, 6.07) is 23.9. The van der Waals surface area contributed by atoms with Crippen molar-refractivity contribution in [2.75, 3.05) is 29.8 Å². The van der Waals surface area contributed by atoms with Crippen LogP contribution in [0.3, 0.4) is 0 Å². The standard InChI is InChI=1S/C30H27Cl2N3O6S2/c1-41-29-14-13-26(18-27(29)32)42(37,38)34(19-21-5-3-2-4-6-21)20-30(36)33-24-10-7-22-15-16-35(28(22)17-24)43(39,40)25-11-8-23(31)9-12-25/h2-14,17-18H,15-16,19-20H2,1H3,(H,33,36). The van der Waals surface area contributed by atoms with Crippen molar-refractivity contribution < 1.29 is 26.4 Å². The zero-order valence-electron chi connectivity index (χ0n) is 22.9. The lowest BCUT2D eigenvalue weighted by Crippen LogP contribution is -2.37. The van der Waals surface area contributed by atoms with Gasteiger partial charge in [-0.25, -0.2) is 16.8 Å². The number of hydrogen-bond acceptors (Lipinski definition) is 6. The van der Waals surface area contributed by atoms with E-state index in [0.29, 0.717) is 34.1 Å². The third-order valence-electron chi connectivity index (χ3n) is 6.91. The summed E-state index contributed by atoms with van der Waals surface area (Å²) in [5, 5.41) is 3.27. The quantitative estimate of drug-likeness (QED) is 0.238. The number of benzene rings is 4. The first kappa shape index (κ1) is 30.8. The molecule has 4 aromatic carbocycles. The molecule has 0 bridgehead atoms. The van der Waals surface area contributed by atoms with Gasteiger partial charge < -0.3 is 10.1 Å². The monoisotopic (exact) mass is 659 g/mol. The number of halogens is 2. The summed E-state index contributed by atoms with van der Waals surface area (Å²) in [4.78, 5) is 13.3. The smallest absolute Gasteiger partial charge is 0.264 e. The van der Waals surface area contributed by atoms with Crippen LogP contribution in [0, 0.1) is 0 Å². The molecule has 1 heterocycles. The highest BCUT2D eigenvalue weighted by atomic mass is 35.5. The summed E-state index contributed by atoms with van der Waals surface area (Å²) >= 11 is 12.1. The number of carbonyl (C=O) groups is 1. The molecule has 1 aliphatic heterocycles. The lowest BCUT2D eigenvalue weighted by molar-refractivity contribution is -0.116. The number of ether oxygens (including phenoxy) is 1. The second-order valence-corrected chi connectivity index (χ2v) is 14.4. The number of nitrogens with one attached hydrogen (secondary N) is 1. The van der Waals surface area contributed by atoms with Crippen LogP contribution in [0.25, 0.3) is 0 Å². The van der Waals surface area contributed by atoms with Crippen LogP contribution < -0.4 is 14.4 Å². The fourth-order valence-electron chi connectivity index (χ4n) is 4.74. The molecule has 1 amide bonds. The minimum atomic E-state index is -4.17. The largest absolute Gasteiger partial charge is 0.495 e. The van der Waals surface area contributed by atoms with Gasteiger partial charge in [0.2, 0.25) is 15.9 Å². The number of anilines is 2. The van der Waals surface area contributed by atoms with E-state index < -0.39 is 32.5 Å². The number of fused-ring (bicyclic) bond motifs is 1. The van der Waals surface area contributed by atoms with Crippen molar-refractivity contribution in [3.8, 4) is 5.75 Å². The Labute approximate surface area is 260 Å². The van der Waals surface area contributed by atoms with Gasteiger partial charge in [0.05, 0.1) is 34.2 Å². The van der Waals surface area contributed by atoms with Crippen LogP contribution in [0.5, 0.6) is 5.75 Å². The van der Waals surface area contributed by atoms with Crippen LogP contribution in [-0.2, 0) is 37.8 Å². The Morgan fingerprint density at radius 1 is 0.907 bits per heavy atom. The summed E-state index contributed by atoms with van der Waals surface area (Å²) in [5.74, 6) is -0.291. The van der Waals surface area contributed by atoms with Gasteiger partial charge in [0.25, 0.3) is 10.0 Å². The predicted molar refractivity (Wildman–Crippen MR) is 167 cm³/mol. The van der Waals surface area contributed by atoms with Crippen LogP contribution in [0.15, 0.2) is 101 Å². The van der Waals surface area contributed by atoms with Crippen LogP contribution >= 0.6 is 23.2 Å². The minimum absolute atomic E-state index is 0.0719. The first-order valence-electron chi connectivity index (χ1n) is 13.1. The maximum atomic E-state index is 13.7. The average molecular weight is 661 g/mol. The van der Waals surface area contributed by atoms with Gasteiger partial charge in [-0.15, -0.1) is 0 Å². The topological polar surface area (TPSA) is 113 Å². The van der Waals surface area contributed by atoms with Crippen LogP contribution in [0.4, 0.5) is 11.4 Å². The Bertz CT molecular complexity index is 1870. The third kappa shape index (κ3) is 6.66. The predicted octanol–water partition coefficient (Wildman–Crippen LogP) is 5.58. The Morgan fingerprint density at radius 2 is 1.60 bits per heavy atom. The van der Waals surface area contributed by atoms with Crippen molar-refractivity contribution in [1.82, 2.24) is 4.31 Å². The van der Waals surface area contributed by atoms with E-state index in [-0.39, 0.29) is 27.9 Å². The van der Waals surface area contributed by atoms with Crippen molar-refractivity contribution in [3.05, 3.63) is 112 Å². The van der Waals surface area contributed by atoms with E-state index in [1.54, 1.807) is 42.5 Å². The molecule has 1 N–H and O–H groups in total. The molecule has 13 heteroatoms. The molecule has 9 nitrogen and oxygen atoms in total. The van der Waals surface area contributed by atoms with Crippen molar-refractivity contribution in [3.63, 3.8) is 0 Å². The maximum Gasteiger partial charge on any atom is 0.264 e. The Kier molecular flexibility index (Phi) is 9.00. The molecule has 0 fully saturated rings. The molecule has 0 aromatic heterocycles. The van der Waals surface area contributed by atoms with E-state index in [4.69, 9.17) is 27.9 Å². The van der Waals surface area contributed by atoms with Gasteiger partial charge in [0, 0.05) is 23.8 Å². The van der Waals surface area contributed by atoms with E-state index in [0.717, 1.165) is 9.87 Å². The van der Waals surface area contributed by atoms with Gasteiger partial charge in [-0.2, -0.15) is 4.31 Å². The van der Waals surface area contributed by atoms with Crippen molar-refractivity contribution in [2.45, 2.75) is 22.8 Å². The number of nitrogens with zero attached hydrogens (tertiary/aromatic N) is 2. The summed E-state index contributed by atoms with van der Waals surface area (Å²) in [7, 11) is -6.62. The molecular weight excluding hydrogens is 633 g/mol. The molecule has 0 saturated carbocycles. The molecule has 5 rings (SSSR count). The number of hydrogen-bond donors (Lipinski definition) is 1. The molecule has 1 aliphatic rings. The molecule has 224 valence electrons. The highest BCUT2D eigenvalue weighted by Crippen LogP contribution is 2.35. The van der Waals surface area contributed by atoms with Gasteiger partial charge in [-0.3, -0.25) is 9.10 Å². The van der Waals surface area contributed by atoms with E-state index >= 15 is 0 Å². The molecule has 0 saturated heterocycles. The van der Waals surface area contributed by atoms with Crippen molar-refractivity contribution in [1.29, 1.82) is 0 Å². The molecule has 0 radical (unpaired) electrons. The van der Waals surface area contributed by atoms with E-state index in [1.165, 1.54) is 53.9 Å². The Balaban J connectivity index is 1.39. The highest BCUT2D eigenvalue weighted by Gasteiger charge is 2.32. The molecule has 4 aromatic rings. The second-order valence-electron chi connectivity index (χ2n) is 9.73. The number of rotatable bonds is 10. The number of methoxy groups -OCH3 is 1. The highest BCUT2D eigenvalue weighted by molar-refractivity contribution is 7.92. The van der Waals surface area contributed by atoms with Gasteiger partial charge in [-0.05, 0) is 72.1 Å². The van der Waals surface area contributed by atoms with Crippen LogP contribution in [0.2, 0.25) is 10.0 Å². The van der Waals surface area contributed by atoms with Crippen LogP contribution in [-0.4, -0.2) is 47.2 Å². The molecule has 0 spiro atoms. The summed E-state index contributed by atoms with van der Waals surface area (Å²) < 4.78 is 61.6. The van der Waals surface area contributed by atoms with Crippen molar-refractivity contribution in [2.24, 2.45) is 0 Å². The van der Waals surface area contributed by atoms with Gasteiger partial charge in [0.1, 0.15) is 5.75 Å². The molecule has 0 atom stereocenters. The molecule has 0 aliphatic carbocycles. The number of sulfonamides is 2. The maximum absolute atomic E-state index is 13.7. The lowest BCUT2D eigenvalue weighted by Gasteiger charge is -2.23. The van der Waals surface area contributed by atoms with E-state index in [9.17, 15) is 21.6 Å². The molecular formula is C30H27Cl2N3O6S2. The normalized spacial score (nSPS) is 13.2.